The highest BCUT2D eigenvalue weighted by molar-refractivity contribution is 7.99. The Balaban J connectivity index is 2.14. The molecule has 2 N–H and O–H groups in total. The summed E-state index contributed by atoms with van der Waals surface area (Å²) in [5.41, 5.74) is 7.07. The van der Waals surface area contributed by atoms with Gasteiger partial charge in [-0.1, -0.05) is 43.0 Å². The molecule has 1 nitrogen and oxygen atoms in total. The fourth-order valence-corrected chi connectivity index (χ4v) is 2.51. The van der Waals surface area contributed by atoms with Crippen molar-refractivity contribution in [2.75, 3.05) is 0 Å². The van der Waals surface area contributed by atoms with Crippen molar-refractivity contribution in [3.8, 4) is 0 Å². The number of rotatable bonds is 4. The quantitative estimate of drug-likeness (QED) is 0.883. The Morgan fingerprint density at radius 1 is 1.11 bits per heavy atom. The highest BCUT2D eigenvalue weighted by atomic mass is 32.2. The van der Waals surface area contributed by atoms with Crippen LogP contribution in [0, 0.1) is 5.82 Å². The molecule has 94 valence electrons. The van der Waals surface area contributed by atoms with Crippen LogP contribution in [-0.2, 0) is 0 Å². The predicted octanol–water partition coefficient (Wildman–Crippen LogP) is 4.39. The maximum atomic E-state index is 13.5. The molecule has 0 radical (unpaired) electrons. The van der Waals surface area contributed by atoms with E-state index < -0.39 is 0 Å². The Bertz CT molecular complexity index is 510. The van der Waals surface area contributed by atoms with Crippen molar-refractivity contribution >= 4 is 11.8 Å². The molecular formula is C15H16FNS. The van der Waals surface area contributed by atoms with E-state index in [1.54, 1.807) is 12.1 Å². The van der Waals surface area contributed by atoms with Crippen molar-refractivity contribution in [2.45, 2.75) is 29.2 Å². The van der Waals surface area contributed by atoms with Crippen LogP contribution < -0.4 is 5.73 Å². The summed E-state index contributed by atoms with van der Waals surface area (Å²) >= 11 is 1.43. The number of nitrogens with two attached hydrogens (primary N) is 1. The Morgan fingerprint density at radius 2 is 1.78 bits per heavy atom. The van der Waals surface area contributed by atoms with Crippen molar-refractivity contribution in [3.63, 3.8) is 0 Å². The molecule has 0 aliphatic rings. The van der Waals surface area contributed by atoms with Gasteiger partial charge in [-0.25, -0.2) is 4.39 Å². The van der Waals surface area contributed by atoms with Crippen LogP contribution in [0.3, 0.4) is 0 Å². The largest absolute Gasteiger partial charge is 0.324 e. The van der Waals surface area contributed by atoms with Gasteiger partial charge in [0, 0.05) is 15.8 Å². The van der Waals surface area contributed by atoms with Crippen molar-refractivity contribution in [3.05, 3.63) is 59.9 Å². The van der Waals surface area contributed by atoms with Gasteiger partial charge in [-0.3, -0.25) is 0 Å². The van der Waals surface area contributed by atoms with Crippen LogP contribution in [0.25, 0.3) is 0 Å². The number of halogens is 1. The molecule has 0 saturated heterocycles. The maximum Gasteiger partial charge on any atom is 0.137 e. The van der Waals surface area contributed by atoms with E-state index in [0.717, 1.165) is 16.9 Å². The van der Waals surface area contributed by atoms with Crippen LogP contribution in [0.15, 0.2) is 58.3 Å². The smallest absolute Gasteiger partial charge is 0.137 e. The van der Waals surface area contributed by atoms with Gasteiger partial charge >= 0.3 is 0 Å². The zero-order valence-electron chi connectivity index (χ0n) is 10.3. The van der Waals surface area contributed by atoms with Gasteiger partial charge < -0.3 is 5.73 Å². The number of benzene rings is 2. The Morgan fingerprint density at radius 3 is 2.39 bits per heavy atom. The Labute approximate surface area is 111 Å². The van der Waals surface area contributed by atoms with Crippen molar-refractivity contribution in [2.24, 2.45) is 5.73 Å². The third-order valence-corrected chi connectivity index (χ3v) is 3.87. The summed E-state index contributed by atoms with van der Waals surface area (Å²) in [5.74, 6) is -0.183. The van der Waals surface area contributed by atoms with Gasteiger partial charge in [0.1, 0.15) is 5.82 Å². The van der Waals surface area contributed by atoms with Crippen molar-refractivity contribution in [1.29, 1.82) is 0 Å². The van der Waals surface area contributed by atoms with Gasteiger partial charge in [0.2, 0.25) is 0 Å². The summed E-state index contributed by atoms with van der Waals surface area (Å²) in [6, 6.07) is 14.9. The molecule has 1 unspecified atom stereocenters. The summed E-state index contributed by atoms with van der Waals surface area (Å²) < 4.78 is 13.5. The Kier molecular flexibility index (Phi) is 4.39. The molecule has 0 fully saturated rings. The summed E-state index contributed by atoms with van der Waals surface area (Å²) in [5, 5.41) is 0. The molecule has 2 rings (SSSR count). The molecule has 0 bridgehead atoms. The minimum absolute atomic E-state index is 0.0810. The monoisotopic (exact) mass is 261 g/mol. The average molecular weight is 261 g/mol. The summed E-state index contributed by atoms with van der Waals surface area (Å²) in [6.07, 6.45) is 0.916. The van der Waals surface area contributed by atoms with Gasteiger partial charge in [0.05, 0.1) is 0 Å². The van der Waals surface area contributed by atoms with E-state index in [1.807, 2.05) is 30.3 Å². The molecule has 1 atom stereocenters. The van der Waals surface area contributed by atoms with Gasteiger partial charge in [0.25, 0.3) is 0 Å². The summed E-state index contributed by atoms with van der Waals surface area (Å²) in [7, 11) is 0. The molecule has 0 heterocycles. The van der Waals surface area contributed by atoms with E-state index in [0.29, 0.717) is 4.90 Å². The molecule has 2 aromatic rings. The van der Waals surface area contributed by atoms with Gasteiger partial charge in [-0.15, -0.1) is 0 Å². The lowest BCUT2D eigenvalue weighted by Crippen LogP contribution is -2.07. The lowest BCUT2D eigenvalue weighted by atomic mass is 10.1. The van der Waals surface area contributed by atoms with E-state index >= 15 is 0 Å². The second kappa shape index (κ2) is 6.03. The molecule has 0 spiro atoms. The van der Waals surface area contributed by atoms with Gasteiger partial charge in [-0.05, 0) is 36.2 Å². The van der Waals surface area contributed by atoms with Crippen LogP contribution >= 0.6 is 11.8 Å². The van der Waals surface area contributed by atoms with Gasteiger partial charge in [-0.2, -0.15) is 0 Å². The van der Waals surface area contributed by atoms with Crippen LogP contribution in [0.2, 0.25) is 0 Å². The minimum atomic E-state index is -0.183. The first-order valence-corrected chi connectivity index (χ1v) is 6.80. The van der Waals surface area contributed by atoms with Crippen LogP contribution in [-0.4, -0.2) is 0 Å². The topological polar surface area (TPSA) is 26.0 Å². The highest BCUT2D eigenvalue weighted by Crippen LogP contribution is 2.30. The maximum absolute atomic E-state index is 13.5. The van der Waals surface area contributed by atoms with E-state index in [-0.39, 0.29) is 11.9 Å². The molecule has 0 amide bonds. The van der Waals surface area contributed by atoms with Crippen molar-refractivity contribution < 1.29 is 4.39 Å². The molecule has 3 heteroatoms. The fourth-order valence-electron chi connectivity index (χ4n) is 1.67. The molecule has 0 saturated carbocycles. The Hall–Kier alpha value is -1.32. The number of hydrogen-bond donors (Lipinski definition) is 1. The first kappa shape index (κ1) is 13.1. The third kappa shape index (κ3) is 3.12. The summed E-state index contributed by atoms with van der Waals surface area (Å²) in [6.45, 7) is 2.06. The van der Waals surface area contributed by atoms with E-state index in [9.17, 15) is 4.39 Å². The fraction of sp³-hybridized carbons (Fsp3) is 0.200. The SMILES string of the molecule is CCC(N)c1ccc(Sc2ccccc2F)cc1. The first-order valence-electron chi connectivity index (χ1n) is 5.98. The minimum Gasteiger partial charge on any atom is -0.324 e. The number of hydrogen-bond acceptors (Lipinski definition) is 2. The molecular weight excluding hydrogens is 245 g/mol. The highest BCUT2D eigenvalue weighted by Gasteiger charge is 2.05. The molecule has 0 aromatic heterocycles. The average Bonchev–Trinajstić information content (AvgIpc) is 2.41. The van der Waals surface area contributed by atoms with Crippen LogP contribution in [0.5, 0.6) is 0 Å². The molecule has 0 aliphatic carbocycles. The third-order valence-electron chi connectivity index (χ3n) is 2.81. The second-order valence-corrected chi connectivity index (χ2v) is 5.23. The van der Waals surface area contributed by atoms with Crippen LogP contribution in [0.4, 0.5) is 4.39 Å². The molecule has 0 aliphatic heterocycles. The predicted molar refractivity (Wildman–Crippen MR) is 74.2 cm³/mol. The van der Waals surface area contributed by atoms with E-state index in [4.69, 9.17) is 5.73 Å². The van der Waals surface area contributed by atoms with Gasteiger partial charge in [0.15, 0.2) is 0 Å². The first-order chi connectivity index (χ1) is 8.70. The molecule has 2 aromatic carbocycles. The second-order valence-electron chi connectivity index (χ2n) is 4.12. The van der Waals surface area contributed by atoms with Crippen LogP contribution in [0.1, 0.15) is 24.9 Å². The standard InChI is InChI=1S/C15H16FNS/c1-2-14(17)11-7-9-12(10-8-11)18-15-6-4-3-5-13(15)16/h3-10,14H,2,17H2,1H3. The van der Waals surface area contributed by atoms with E-state index in [2.05, 4.69) is 6.92 Å². The normalized spacial score (nSPS) is 12.4. The zero-order chi connectivity index (χ0) is 13.0. The lowest BCUT2D eigenvalue weighted by Gasteiger charge is -2.09. The van der Waals surface area contributed by atoms with Crippen molar-refractivity contribution in [1.82, 2.24) is 0 Å². The van der Waals surface area contributed by atoms with E-state index in [1.165, 1.54) is 17.8 Å². The summed E-state index contributed by atoms with van der Waals surface area (Å²) in [4.78, 5) is 1.66. The molecule has 18 heavy (non-hydrogen) atoms. The zero-order valence-corrected chi connectivity index (χ0v) is 11.1. The lowest BCUT2D eigenvalue weighted by molar-refractivity contribution is 0.602.